The first-order chi connectivity index (χ1) is 10.7. The predicted molar refractivity (Wildman–Crippen MR) is 91.9 cm³/mol. The number of hydrogen-bond donors (Lipinski definition) is 2. The Kier molecular flexibility index (Phi) is 4.37. The van der Waals surface area contributed by atoms with E-state index in [-0.39, 0.29) is 5.91 Å². The Labute approximate surface area is 136 Å². The molecule has 1 aromatic heterocycles. The van der Waals surface area contributed by atoms with E-state index in [0.29, 0.717) is 10.2 Å². The van der Waals surface area contributed by atoms with Crippen LogP contribution in [-0.4, -0.2) is 10.9 Å². The topological polar surface area (TPSA) is 54.0 Å². The van der Waals surface area contributed by atoms with Crippen LogP contribution >= 0.6 is 22.9 Å². The highest BCUT2D eigenvalue weighted by atomic mass is 35.5. The number of para-hydroxylation sites is 1. The molecule has 3 aromatic rings. The van der Waals surface area contributed by atoms with Crippen molar-refractivity contribution in [2.24, 2.45) is 0 Å². The standard InChI is InChI=1S/C16H12ClN3OS/c17-12-8-5-11(6-9-12)7-10-15(21)19-20-16-18-13-3-1-2-4-14(13)22-16/h1-10H,(H,18,20)(H,19,21). The van der Waals surface area contributed by atoms with E-state index in [4.69, 9.17) is 11.6 Å². The Morgan fingerprint density at radius 1 is 1.14 bits per heavy atom. The maximum absolute atomic E-state index is 11.8. The van der Waals surface area contributed by atoms with Gasteiger partial charge in [0.15, 0.2) is 0 Å². The van der Waals surface area contributed by atoms with Crippen LogP contribution < -0.4 is 10.9 Å². The summed E-state index contributed by atoms with van der Waals surface area (Å²) in [5.74, 6) is -0.255. The van der Waals surface area contributed by atoms with Crippen LogP contribution in [0.5, 0.6) is 0 Å². The molecule has 0 unspecified atom stereocenters. The number of aromatic nitrogens is 1. The summed E-state index contributed by atoms with van der Waals surface area (Å²) in [4.78, 5) is 16.1. The average Bonchev–Trinajstić information content (AvgIpc) is 2.95. The fourth-order valence-electron chi connectivity index (χ4n) is 1.83. The molecule has 0 aliphatic carbocycles. The minimum absolute atomic E-state index is 0.255. The van der Waals surface area contributed by atoms with Crippen LogP contribution in [0.4, 0.5) is 5.13 Å². The fraction of sp³-hybridized carbons (Fsp3) is 0. The number of carbonyl (C=O) groups excluding carboxylic acids is 1. The Morgan fingerprint density at radius 2 is 1.91 bits per heavy atom. The molecule has 4 nitrogen and oxygen atoms in total. The third kappa shape index (κ3) is 3.63. The van der Waals surface area contributed by atoms with Gasteiger partial charge in [0.05, 0.1) is 10.2 Å². The summed E-state index contributed by atoms with van der Waals surface area (Å²) >= 11 is 7.29. The van der Waals surface area contributed by atoms with Gasteiger partial charge in [-0.15, -0.1) is 0 Å². The summed E-state index contributed by atoms with van der Waals surface area (Å²) < 4.78 is 1.07. The van der Waals surface area contributed by atoms with Gasteiger partial charge in [-0.1, -0.05) is 47.2 Å². The van der Waals surface area contributed by atoms with Crippen molar-refractivity contribution >= 4 is 50.3 Å². The number of amides is 1. The maximum atomic E-state index is 11.8. The molecule has 1 heterocycles. The monoisotopic (exact) mass is 329 g/mol. The van der Waals surface area contributed by atoms with Crippen molar-refractivity contribution in [3.63, 3.8) is 0 Å². The largest absolute Gasteiger partial charge is 0.273 e. The second-order valence-corrected chi connectivity index (χ2v) is 5.95. The number of nitrogens with one attached hydrogen (secondary N) is 2. The zero-order valence-corrected chi connectivity index (χ0v) is 13.0. The molecule has 2 N–H and O–H groups in total. The van der Waals surface area contributed by atoms with E-state index in [2.05, 4.69) is 15.8 Å². The number of anilines is 1. The zero-order chi connectivity index (χ0) is 15.4. The normalized spacial score (nSPS) is 11.0. The third-order valence-corrected chi connectivity index (χ3v) is 4.09. The molecule has 0 bridgehead atoms. The van der Waals surface area contributed by atoms with Gasteiger partial charge in [0.25, 0.3) is 5.91 Å². The molecule has 22 heavy (non-hydrogen) atoms. The van der Waals surface area contributed by atoms with E-state index in [0.717, 1.165) is 15.8 Å². The highest BCUT2D eigenvalue weighted by molar-refractivity contribution is 7.22. The van der Waals surface area contributed by atoms with Crippen molar-refractivity contribution in [2.45, 2.75) is 0 Å². The van der Waals surface area contributed by atoms with Crippen molar-refractivity contribution in [3.05, 3.63) is 65.2 Å². The molecule has 0 atom stereocenters. The van der Waals surface area contributed by atoms with Gasteiger partial charge in [-0.05, 0) is 35.9 Å². The number of benzene rings is 2. The summed E-state index contributed by atoms with van der Waals surface area (Å²) in [5.41, 5.74) is 7.21. The lowest BCUT2D eigenvalue weighted by Crippen LogP contribution is -2.27. The van der Waals surface area contributed by atoms with Crippen LogP contribution in [-0.2, 0) is 4.79 Å². The summed E-state index contributed by atoms with van der Waals surface area (Å²) in [5, 5.41) is 1.31. The number of hydrazine groups is 1. The molecule has 3 rings (SSSR count). The van der Waals surface area contributed by atoms with E-state index in [1.165, 1.54) is 17.4 Å². The maximum Gasteiger partial charge on any atom is 0.262 e. The van der Waals surface area contributed by atoms with E-state index < -0.39 is 0 Å². The first-order valence-electron chi connectivity index (χ1n) is 6.56. The van der Waals surface area contributed by atoms with Gasteiger partial charge >= 0.3 is 0 Å². The van der Waals surface area contributed by atoms with E-state index >= 15 is 0 Å². The summed E-state index contributed by atoms with van der Waals surface area (Å²) in [6.07, 6.45) is 3.16. The highest BCUT2D eigenvalue weighted by Gasteiger charge is 2.03. The van der Waals surface area contributed by atoms with Gasteiger partial charge in [0.1, 0.15) is 0 Å². The Morgan fingerprint density at radius 3 is 2.68 bits per heavy atom. The van der Waals surface area contributed by atoms with Crippen molar-refractivity contribution in [2.75, 3.05) is 5.43 Å². The van der Waals surface area contributed by atoms with Gasteiger partial charge in [0, 0.05) is 11.1 Å². The lowest BCUT2D eigenvalue weighted by atomic mass is 10.2. The molecular weight excluding hydrogens is 318 g/mol. The number of carbonyl (C=O) groups is 1. The number of halogens is 1. The SMILES string of the molecule is O=C(C=Cc1ccc(Cl)cc1)NNc1nc2ccccc2s1. The lowest BCUT2D eigenvalue weighted by molar-refractivity contribution is -0.115. The van der Waals surface area contributed by atoms with Crippen molar-refractivity contribution in [1.82, 2.24) is 10.4 Å². The number of hydrogen-bond acceptors (Lipinski definition) is 4. The Bertz CT molecular complexity index is 794. The Hall–Kier alpha value is -2.37. The number of fused-ring (bicyclic) bond motifs is 1. The molecule has 110 valence electrons. The van der Waals surface area contributed by atoms with Gasteiger partial charge in [0.2, 0.25) is 5.13 Å². The number of nitrogens with zero attached hydrogens (tertiary/aromatic N) is 1. The van der Waals surface area contributed by atoms with E-state index in [1.807, 2.05) is 36.4 Å². The third-order valence-electron chi connectivity index (χ3n) is 2.88. The molecule has 1 amide bonds. The predicted octanol–water partition coefficient (Wildman–Crippen LogP) is 4.11. The second-order valence-electron chi connectivity index (χ2n) is 4.49. The van der Waals surface area contributed by atoms with Gasteiger partial charge in [-0.2, -0.15) is 0 Å². The molecule has 0 radical (unpaired) electrons. The van der Waals surface area contributed by atoms with E-state index in [1.54, 1.807) is 18.2 Å². The minimum atomic E-state index is -0.255. The fourth-order valence-corrected chi connectivity index (χ4v) is 2.77. The van der Waals surface area contributed by atoms with Crippen molar-refractivity contribution in [1.29, 1.82) is 0 Å². The van der Waals surface area contributed by atoms with Crippen LogP contribution in [0.1, 0.15) is 5.56 Å². The summed E-state index contributed by atoms with van der Waals surface area (Å²) in [6, 6.07) is 15.0. The Balaban J connectivity index is 1.58. The van der Waals surface area contributed by atoms with Crippen LogP contribution in [0.25, 0.3) is 16.3 Å². The smallest absolute Gasteiger partial charge is 0.262 e. The van der Waals surface area contributed by atoms with Crippen LogP contribution in [0, 0.1) is 0 Å². The van der Waals surface area contributed by atoms with Crippen molar-refractivity contribution < 1.29 is 4.79 Å². The van der Waals surface area contributed by atoms with E-state index in [9.17, 15) is 4.79 Å². The quantitative estimate of drug-likeness (QED) is 0.559. The molecule has 0 saturated heterocycles. The van der Waals surface area contributed by atoms with Gasteiger partial charge < -0.3 is 0 Å². The van der Waals surface area contributed by atoms with Gasteiger partial charge in [-0.25, -0.2) is 4.98 Å². The molecule has 0 spiro atoms. The molecule has 2 aromatic carbocycles. The number of thiazole rings is 1. The zero-order valence-electron chi connectivity index (χ0n) is 11.4. The highest BCUT2D eigenvalue weighted by Crippen LogP contribution is 2.24. The molecule has 6 heteroatoms. The first kappa shape index (κ1) is 14.6. The van der Waals surface area contributed by atoms with Crippen molar-refractivity contribution in [3.8, 4) is 0 Å². The number of rotatable bonds is 4. The molecule has 0 aliphatic heterocycles. The first-order valence-corrected chi connectivity index (χ1v) is 7.75. The molecule has 0 saturated carbocycles. The average molecular weight is 330 g/mol. The minimum Gasteiger partial charge on any atom is -0.273 e. The summed E-state index contributed by atoms with van der Waals surface area (Å²) in [7, 11) is 0. The molecular formula is C16H12ClN3OS. The van der Waals surface area contributed by atoms with Crippen LogP contribution in [0.15, 0.2) is 54.6 Å². The van der Waals surface area contributed by atoms with Gasteiger partial charge in [-0.3, -0.25) is 15.6 Å². The lowest BCUT2D eigenvalue weighted by Gasteiger charge is -2.01. The van der Waals surface area contributed by atoms with Crippen LogP contribution in [0.2, 0.25) is 5.02 Å². The molecule has 0 aliphatic rings. The molecule has 0 fully saturated rings. The second kappa shape index (κ2) is 6.60. The van der Waals surface area contributed by atoms with Crippen LogP contribution in [0.3, 0.4) is 0 Å². The summed E-state index contributed by atoms with van der Waals surface area (Å²) in [6.45, 7) is 0.